The summed E-state index contributed by atoms with van der Waals surface area (Å²) in [5, 5.41) is 2.94. The van der Waals surface area contributed by atoms with E-state index in [1.54, 1.807) is 12.4 Å². The van der Waals surface area contributed by atoms with Crippen LogP contribution in [0.15, 0.2) is 42.7 Å². The number of piperazine rings is 1. The van der Waals surface area contributed by atoms with Crippen LogP contribution < -0.4 is 5.32 Å². The monoisotopic (exact) mass is 407 g/mol. The molecule has 0 radical (unpaired) electrons. The summed E-state index contributed by atoms with van der Waals surface area (Å²) in [6.45, 7) is 4.65. The minimum atomic E-state index is -0.162. The molecule has 2 heterocycles. The molecule has 0 bridgehead atoms. The van der Waals surface area contributed by atoms with Gasteiger partial charge in [0.1, 0.15) is 0 Å². The number of hydrogen-bond donors (Lipinski definition) is 1. The first-order valence-electron chi connectivity index (χ1n) is 10.9. The molecule has 7 nitrogen and oxygen atoms in total. The quantitative estimate of drug-likeness (QED) is 0.794. The number of carbonyl (C=O) groups excluding carboxylic acids is 2. The normalized spacial score (nSPS) is 17.8. The lowest BCUT2D eigenvalue weighted by molar-refractivity contribution is -0.137. The van der Waals surface area contributed by atoms with E-state index in [9.17, 15) is 9.59 Å². The smallest absolute Gasteiger partial charge is 0.254 e. The molecule has 1 saturated heterocycles. The molecule has 1 saturated carbocycles. The van der Waals surface area contributed by atoms with Crippen LogP contribution in [0.1, 0.15) is 36.0 Å². The molecule has 4 rings (SSSR count). The van der Waals surface area contributed by atoms with Crippen molar-refractivity contribution in [3.8, 4) is 11.4 Å². The van der Waals surface area contributed by atoms with Crippen LogP contribution in [0.25, 0.3) is 11.4 Å². The maximum atomic E-state index is 12.5. The second-order valence-electron chi connectivity index (χ2n) is 8.07. The van der Waals surface area contributed by atoms with Crippen molar-refractivity contribution in [3.63, 3.8) is 0 Å². The first-order valence-corrected chi connectivity index (χ1v) is 10.9. The number of hydrogen-bond acceptors (Lipinski definition) is 5. The third-order valence-corrected chi connectivity index (χ3v) is 6.05. The molecule has 1 aliphatic heterocycles. The number of nitrogens with one attached hydrogen (secondary N) is 1. The topological polar surface area (TPSA) is 78.4 Å². The van der Waals surface area contributed by atoms with E-state index in [0.29, 0.717) is 23.8 Å². The second kappa shape index (κ2) is 9.80. The van der Waals surface area contributed by atoms with Gasteiger partial charge in [0.25, 0.3) is 5.91 Å². The van der Waals surface area contributed by atoms with E-state index >= 15 is 0 Å². The molecule has 1 N–H and O–H groups in total. The number of rotatable bonds is 6. The van der Waals surface area contributed by atoms with Gasteiger partial charge in [-0.3, -0.25) is 14.5 Å². The van der Waals surface area contributed by atoms with Crippen LogP contribution in [0.3, 0.4) is 0 Å². The van der Waals surface area contributed by atoms with Crippen molar-refractivity contribution in [2.45, 2.75) is 25.7 Å². The van der Waals surface area contributed by atoms with E-state index in [1.165, 1.54) is 12.8 Å². The van der Waals surface area contributed by atoms with Crippen molar-refractivity contribution >= 4 is 11.8 Å². The van der Waals surface area contributed by atoms with E-state index in [0.717, 1.165) is 51.1 Å². The standard InChI is InChI=1S/C23H29N5O2/c29-22(20-16-25-21(26-17-20)18-6-2-1-3-7-18)24-10-11-27-12-14-28(15-13-27)23(30)19-8-4-5-9-19/h1-3,6-7,16-17,19H,4-5,8-15H2,(H,24,29). The lowest BCUT2D eigenvalue weighted by Crippen LogP contribution is -2.51. The lowest BCUT2D eigenvalue weighted by atomic mass is 10.1. The number of nitrogens with zero attached hydrogens (tertiary/aromatic N) is 4. The van der Waals surface area contributed by atoms with Crippen LogP contribution >= 0.6 is 0 Å². The minimum Gasteiger partial charge on any atom is -0.351 e. The molecule has 7 heteroatoms. The summed E-state index contributed by atoms with van der Waals surface area (Å²) in [5.41, 5.74) is 1.39. The molecule has 0 spiro atoms. The fraction of sp³-hybridized carbons (Fsp3) is 0.478. The van der Waals surface area contributed by atoms with Crippen molar-refractivity contribution < 1.29 is 9.59 Å². The summed E-state index contributed by atoms with van der Waals surface area (Å²) < 4.78 is 0. The van der Waals surface area contributed by atoms with Gasteiger partial charge in [-0.1, -0.05) is 43.2 Å². The number of amides is 2. The Hall–Kier alpha value is -2.80. The Kier molecular flexibility index (Phi) is 6.69. The van der Waals surface area contributed by atoms with Gasteiger partial charge in [-0.15, -0.1) is 0 Å². The summed E-state index contributed by atoms with van der Waals surface area (Å²) in [4.78, 5) is 37.8. The average molecular weight is 408 g/mol. The fourth-order valence-electron chi connectivity index (χ4n) is 4.23. The van der Waals surface area contributed by atoms with Crippen LogP contribution in [-0.2, 0) is 4.79 Å². The molecule has 0 unspecified atom stereocenters. The van der Waals surface area contributed by atoms with Crippen molar-refractivity contribution in [2.24, 2.45) is 5.92 Å². The summed E-state index contributed by atoms with van der Waals surface area (Å²) in [7, 11) is 0. The van der Waals surface area contributed by atoms with Crippen LogP contribution in [0.4, 0.5) is 0 Å². The van der Waals surface area contributed by atoms with E-state index < -0.39 is 0 Å². The van der Waals surface area contributed by atoms with Crippen molar-refractivity contribution in [1.29, 1.82) is 0 Å². The van der Waals surface area contributed by atoms with Crippen molar-refractivity contribution in [2.75, 3.05) is 39.3 Å². The maximum absolute atomic E-state index is 12.5. The summed E-state index contributed by atoms with van der Waals surface area (Å²) >= 11 is 0. The average Bonchev–Trinajstić information content (AvgIpc) is 3.35. The Bertz CT molecular complexity index is 842. The molecule has 2 aliphatic rings. The highest BCUT2D eigenvalue weighted by atomic mass is 16.2. The first kappa shape index (κ1) is 20.5. The number of aromatic nitrogens is 2. The summed E-state index contributed by atoms with van der Waals surface area (Å²) in [6, 6.07) is 9.69. The highest BCUT2D eigenvalue weighted by molar-refractivity contribution is 5.93. The van der Waals surface area contributed by atoms with E-state index in [2.05, 4.69) is 20.2 Å². The molecule has 158 valence electrons. The third-order valence-electron chi connectivity index (χ3n) is 6.05. The van der Waals surface area contributed by atoms with Gasteiger partial charge in [0.05, 0.1) is 5.56 Å². The predicted octanol–water partition coefficient (Wildman–Crippen LogP) is 2.21. The maximum Gasteiger partial charge on any atom is 0.254 e. The van der Waals surface area contributed by atoms with E-state index in [4.69, 9.17) is 0 Å². The second-order valence-corrected chi connectivity index (χ2v) is 8.07. The van der Waals surface area contributed by atoms with E-state index in [1.807, 2.05) is 35.2 Å². The first-order chi connectivity index (χ1) is 14.7. The molecule has 2 amide bonds. The van der Waals surface area contributed by atoms with Gasteiger partial charge in [-0.25, -0.2) is 9.97 Å². The summed E-state index contributed by atoms with van der Waals surface area (Å²) in [6.07, 6.45) is 7.63. The third kappa shape index (κ3) is 5.02. The van der Waals surface area contributed by atoms with Crippen LogP contribution in [-0.4, -0.2) is 70.9 Å². The van der Waals surface area contributed by atoms with Crippen LogP contribution in [0.2, 0.25) is 0 Å². The van der Waals surface area contributed by atoms with Crippen molar-refractivity contribution in [1.82, 2.24) is 25.1 Å². The zero-order chi connectivity index (χ0) is 20.8. The van der Waals surface area contributed by atoms with Gasteiger partial charge < -0.3 is 10.2 Å². The molecular weight excluding hydrogens is 378 g/mol. The number of benzene rings is 1. The molecule has 30 heavy (non-hydrogen) atoms. The Labute approximate surface area is 177 Å². The number of carbonyl (C=O) groups is 2. The van der Waals surface area contributed by atoms with Gasteiger partial charge in [0.15, 0.2) is 5.82 Å². The largest absolute Gasteiger partial charge is 0.351 e. The van der Waals surface area contributed by atoms with Crippen molar-refractivity contribution in [3.05, 3.63) is 48.3 Å². The van der Waals surface area contributed by atoms with Gasteiger partial charge >= 0.3 is 0 Å². The molecule has 1 aromatic heterocycles. The van der Waals surface area contributed by atoms with Gasteiger partial charge in [0, 0.05) is 63.1 Å². The zero-order valence-electron chi connectivity index (χ0n) is 17.3. The SMILES string of the molecule is O=C(NCCN1CCN(C(=O)C2CCCC2)CC1)c1cnc(-c2ccccc2)nc1. The Morgan fingerprint density at radius 2 is 1.63 bits per heavy atom. The predicted molar refractivity (Wildman–Crippen MR) is 115 cm³/mol. The zero-order valence-corrected chi connectivity index (χ0v) is 17.3. The van der Waals surface area contributed by atoms with Gasteiger partial charge in [-0.05, 0) is 12.8 Å². The Morgan fingerprint density at radius 1 is 0.967 bits per heavy atom. The molecule has 2 fully saturated rings. The Morgan fingerprint density at radius 3 is 2.30 bits per heavy atom. The Balaban J connectivity index is 1.18. The van der Waals surface area contributed by atoms with Crippen LogP contribution in [0.5, 0.6) is 0 Å². The van der Waals surface area contributed by atoms with Gasteiger partial charge in [-0.2, -0.15) is 0 Å². The molecular formula is C23H29N5O2. The van der Waals surface area contributed by atoms with Gasteiger partial charge in [0.2, 0.25) is 5.91 Å². The fourth-order valence-corrected chi connectivity index (χ4v) is 4.23. The van der Waals surface area contributed by atoms with Crippen LogP contribution in [0, 0.1) is 5.92 Å². The summed E-state index contributed by atoms with van der Waals surface area (Å²) in [5.74, 6) is 1.05. The molecule has 1 aromatic carbocycles. The highest BCUT2D eigenvalue weighted by Gasteiger charge is 2.29. The lowest BCUT2D eigenvalue weighted by Gasteiger charge is -2.36. The molecule has 1 aliphatic carbocycles. The van der Waals surface area contributed by atoms with E-state index in [-0.39, 0.29) is 11.8 Å². The highest BCUT2D eigenvalue weighted by Crippen LogP contribution is 2.26. The minimum absolute atomic E-state index is 0.162. The molecule has 2 aromatic rings. The molecule has 0 atom stereocenters.